The SMILES string of the molecule is C1=C(P(c2ccccc2)c2ccccc2)C(=Nc2ccccc2)CC1. The van der Waals surface area contributed by atoms with E-state index >= 15 is 0 Å². The van der Waals surface area contributed by atoms with Crippen molar-refractivity contribution in [1.29, 1.82) is 0 Å². The fourth-order valence-corrected chi connectivity index (χ4v) is 5.69. The third-order valence-corrected chi connectivity index (χ3v) is 6.86. The van der Waals surface area contributed by atoms with Gasteiger partial charge < -0.3 is 0 Å². The van der Waals surface area contributed by atoms with Gasteiger partial charge in [0.1, 0.15) is 0 Å². The normalized spacial score (nSPS) is 15.6. The first-order chi connectivity index (χ1) is 12.4. The molecule has 0 spiro atoms. The minimum absolute atomic E-state index is 0.557. The number of hydrogen-bond donors (Lipinski definition) is 0. The molecular weight excluding hydrogens is 321 g/mol. The Hall–Kier alpha value is -2.50. The largest absolute Gasteiger partial charge is 0.253 e. The quantitative estimate of drug-likeness (QED) is 0.550. The van der Waals surface area contributed by atoms with Gasteiger partial charge in [-0.05, 0) is 43.5 Å². The van der Waals surface area contributed by atoms with Gasteiger partial charge in [0, 0.05) is 11.0 Å². The Labute approximate surface area is 150 Å². The van der Waals surface area contributed by atoms with Crippen LogP contribution in [-0.2, 0) is 0 Å². The van der Waals surface area contributed by atoms with Crippen LogP contribution in [-0.4, -0.2) is 5.71 Å². The molecule has 1 aliphatic carbocycles. The Bertz CT molecular complexity index is 844. The van der Waals surface area contributed by atoms with E-state index in [4.69, 9.17) is 4.99 Å². The van der Waals surface area contributed by atoms with Crippen molar-refractivity contribution < 1.29 is 0 Å². The molecule has 3 aromatic rings. The van der Waals surface area contributed by atoms with E-state index in [-0.39, 0.29) is 0 Å². The van der Waals surface area contributed by atoms with Crippen LogP contribution < -0.4 is 10.6 Å². The Morgan fingerprint density at radius 2 is 1.16 bits per heavy atom. The molecule has 0 unspecified atom stereocenters. The standard InChI is InChI=1S/C23H20NP/c1-4-11-19(12-5-1)24-22-17-10-18-23(22)25(20-13-6-2-7-14-20)21-15-8-3-9-16-21/h1-9,11-16,18H,10,17H2. The first-order valence-electron chi connectivity index (χ1n) is 8.65. The van der Waals surface area contributed by atoms with Crippen molar-refractivity contribution in [2.45, 2.75) is 12.8 Å². The summed E-state index contributed by atoms with van der Waals surface area (Å²) in [6, 6.07) is 32.0. The Morgan fingerprint density at radius 3 is 1.72 bits per heavy atom. The molecule has 0 fully saturated rings. The summed E-state index contributed by atoms with van der Waals surface area (Å²) in [5, 5.41) is 4.19. The van der Waals surface area contributed by atoms with Gasteiger partial charge in [-0.1, -0.05) is 84.9 Å². The van der Waals surface area contributed by atoms with Crippen LogP contribution in [0.25, 0.3) is 0 Å². The zero-order valence-electron chi connectivity index (χ0n) is 14.0. The molecule has 122 valence electrons. The number of benzene rings is 3. The van der Waals surface area contributed by atoms with Crippen LogP contribution in [0.4, 0.5) is 5.69 Å². The molecule has 2 heteroatoms. The van der Waals surface area contributed by atoms with Gasteiger partial charge in [-0.2, -0.15) is 0 Å². The van der Waals surface area contributed by atoms with Crippen LogP contribution in [0, 0.1) is 0 Å². The number of para-hydroxylation sites is 1. The first kappa shape index (κ1) is 16.0. The van der Waals surface area contributed by atoms with E-state index < -0.39 is 7.92 Å². The molecule has 25 heavy (non-hydrogen) atoms. The maximum absolute atomic E-state index is 4.98. The highest BCUT2D eigenvalue weighted by Gasteiger charge is 2.25. The average Bonchev–Trinajstić information content (AvgIpc) is 3.12. The third-order valence-electron chi connectivity index (χ3n) is 4.30. The van der Waals surface area contributed by atoms with Crippen molar-refractivity contribution in [3.8, 4) is 0 Å². The summed E-state index contributed by atoms with van der Waals surface area (Å²) in [6.45, 7) is 0. The zero-order valence-corrected chi connectivity index (χ0v) is 14.9. The molecule has 0 radical (unpaired) electrons. The molecule has 0 N–H and O–H groups in total. The Balaban J connectivity index is 1.78. The van der Waals surface area contributed by atoms with E-state index in [9.17, 15) is 0 Å². The second kappa shape index (κ2) is 7.59. The van der Waals surface area contributed by atoms with Crippen LogP contribution in [0.1, 0.15) is 12.8 Å². The van der Waals surface area contributed by atoms with Gasteiger partial charge in [-0.3, -0.25) is 4.99 Å². The maximum atomic E-state index is 4.98. The molecular formula is C23H20NP. The third kappa shape index (κ3) is 3.62. The monoisotopic (exact) mass is 341 g/mol. The van der Waals surface area contributed by atoms with Crippen LogP contribution >= 0.6 is 7.92 Å². The van der Waals surface area contributed by atoms with Crippen molar-refractivity contribution in [2.75, 3.05) is 0 Å². The molecule has 0 heterocycles. The molecule has 0 atom stereocenters. The summed E-state index contributed by atoms with van der Waals surface area (Å²) in [5.41, 5.74) is 2.28. The second-order valence-electron chi connectivity index (χ2n) is 6.03. The summed E-state index contributed by atoms with van der Waals surface area (Å²) in [4.78, 5) is 4.98. The second-order valence-corrected chi connectivity index (χ2v) is 8.21. The van der Waals surface area contributed by atoms with E-state index in [1.807, 2.05) is 6.07 Å². The lowest BCUT2D eigenvalue weighted by Gasteiger charge is -2.21. The highest BCUT2D eigenvalue weighted by Crippen LogP contribution is 2.47. The van der Waals surface area contributed by atoms with Gasteiger partial charge in [-0.15, -0.1) is 0 Å². The number of allylic oxidation sites excluding steroid dienone is 2. The van der Waals surface area contributed by atoms with E-state index in [0.717, 1.165) is 18.5 Å². The maximum Gasteiger partial charge on any atom is 0.0633 e. The summed E-state index contributed by atoms with van der Waals surface area (Å²) in [6.07, 6.45) is 4.51. The first-order valence-corrected chi connectivity index (χ1v) is 9.99. The van der Waals surface area contributed by atoms with E-state index in [0.29, 0.717) is 0 Å². The molecule has 0 aliphatic heterocycles. The lowest BCUT2D eigenvalue weighted by Crippen LogP contribution is -2.15. The highest BCUT2D eigenvalue weighted by molar-refractivity contribution is 7.78. The molecule has 1 nitrogen and oxygen atoms in total. The predicted molar refractivity (Wildman–Crippen MR) is 110 cm³/mol. The molecule has 1 aliphatic rings. The van der Waals surface area contributed by atoms with Crippen molar-refractivity contribution in [1.82, 2.24) is 0 Å². The van der Waals surface area contributed by atoms with Crippen molar-refractivity contribution >= 4 is 29.9 Å². The van der Waals surface area contributed by atoms with Gasteiger partial charge in [0.15, 0.2) is 0 Å². The van der Waals surface area contributed by atoms with Crippen LogP contribution in [0.3, 0.4) is 0 Å². The molecule has 4 rings (SSSR count). The number of rotatable bonds is 4. The van der Waals surface area contributed by atoms with E-state index in [2.05, 4.69) is 91.0 Å². The van der Waals surface area contributed by atoms with Crippen molar-refractivity contribution in [2.24, 2.45) is 4.99 Å². The van der Waals surface area contributed by atoms with Gasteiger partial charge in [0.25, 0.3) is 0 Å². The molecule has 0 aromatic heterocycles. The number of nitrogens with zero attached hydrogens (tertiary/aromatic N) is 1. The molecule has 0 amide bonds. The van der Waals surface area contributed by atoms with Gasteiger partial charge >= 0.3 is 0 Å². The van der Waals surface area contributed by atoms with Crippen LogP contribution in [0.2, 0.25) is 0 Å². The summed E-state index contributed by atoms with van der Waals surface area (Å²) >= 11 is 0. The predicted octanol–water partition coefficient (Wildman–Crippen LogP) is 5.57. The van der Waals surface area contributed by atoms with Gasteiger partial charge in [0.05, 0.1) is 5.69 Å². The van der Waals surface area contributed by atoms with Crippen molar-refractivity contribution in [3.63, 3.8) is 0 Å². The molecule has 3 aromatic carbocycles. The highest BCUT2D eigenvalue weighted by atomic mass is 31.1. The Kier molecular flexibility index (Phi) is 4.86. The lowest BCUT2D eigenvalue weighted by atomic mass is 10.3. The smallest absolute Gasteiger partial charge is 0.0633 e. The molecule has 0 saturated carbocycles. The molecule has 0 bridgehead atoms. The van der Waals surface area contributed by atoms with Crippen molar-refractivity contribution in [3.05, 3.63) is 102 Å². The van der Waals surface area contributed by atoms with E-state index in [1.54, 1.807) is 0 Å². The zero-order chi connectivity index (χ0) is 16.9. The summed E-state index contributed by atoms with van der Waals surface area (Å²) in [5.74, 6) is 0. The van der Waals surface area contributed by atoms with E-state index in [1.165, 1.54) is 21.6 Å². The topological polar surface area (TPSA) is 12.4 Å². The average molecular weight is 341 g/mol. The fraction of sp³-hybridized carbons (Fsp3) is 0.0870. The van der Waals surface area contributed by atoms with Gasteiger partial charge in [-0.25, -0.2) is 0 Å². The van der Waals surface area contributed by atoms with Gasteiger partial charge in [0.2, 0.25) is 0 Å². The molecule has 0 saturated heterocycles. The summed E-state index contributed by atoms with van der Waals surface area (Å²) in [7, 11) is -0.557. The van der Waals surface area contributed by atoms with Crippen LogP contribution in [0.15, 0.2) is 107 Å². The van der Waals surface area contributed by atoms with Crippen LogP contribution in [0.5, 0.6) is 0 Å². The fourth-order valence-electron chi connectivity index (χ4n) is 3.16. The number of aliphatic imine (C=N–C) groups is 1. The minimum Gasteiger partial charge on any atom is -0.253 e. The Morgan fingerprint density at radius 1 is 0.640 bits per heavy atom. The number of hydrogen-bond acceptors (Lipinski definition) is 1. The lowest BCUT2D eigenvalue weighted by molar-refractivity contribution is 1.14. The minimum atomic E-state index is -0.557. The summed E-state index contributed by atoms with van der Waals surface area (Å²) < 4.78 is 0.